The number of nitrogens with one attached hydrogen (secondary N) is 1. The van der Waals surface area contributed by atoms with Gasteiger partial charge in [0.1, 0.15) is 5.82 Å². The standard InChI is InChI=1S/C19H26N4O2/c1-12(2)9-15(21-19(25)13-10-17(24)22(3)11-13)18-20-14-7-5-6-8-16(14)23(18)4/h5-8,12-13,15H,9-11H2,1-4H3,(H,21,25)/t13-,15+/m0/s1. The molecule has 2 amide bonds. The van der Waals surface area contributed by atoms with Crippen LogP contribution in [-0.2, 0) is 16.6 Å². The average molecular weight is 342 g/mol. The Bertz CT molecular complexity index is 796. The number of hydrogen-bond acceptors (Lipinski definition) is 3. The van der Waals surface area contributed by atoms with Gasteiger partial charge < -0.3 is 14.8 Å². The van der Waals surface area contributed by atoms with E-state index in [0.717, 1.165) is 23.3 Å². The van der Waals surface area contributed by atoms with Gasteiger partial charge >= 0.3 is 0 Å². The molecule has 6 heteroatoms. The molecular weight excluding hydrogens is 316 g/mol. The monoisotopic (exact) mass is 342 g/mol. The van der Waals surface area contributed by atoms with Gasteiger partial charge in [0, 0.05) is 27.1 Å². The molecule has 1 fully saturated rings. The van der Waals surface area contributed by atoms with Crippen molar-refractivity contribution in [2.45, 2.75) is 32.7 Å². The fraction of sp³-hybridized carbons (Fsp3) is 0.526. The van der Waals surface area contributed by atoms with Gasteiger partial charge in [-0.2, -0.15) is 0 Å². The minimum atomic E-state index is -0.276. The molecule has 0 saturated carbocycles. The fourth-order valence-corrected chi connectivity index (χ4v) is 3.50. The first-order valence-corrected chi connectivity index (χ1v) is 8.82. The lowest BCUT2D eigenvalue weighted by Crippen LogP contribution is -2.36. The van der Waals surface area contributed by atoms with E-state index in [-0.39, 0.29) is 23.8 Å². The van der Waals surface area contributed by atoms with Crippen LogP contribution in [0.2, 0.25) is 0 Å². The van der Waals surface area contributed by atoms with Crippen LogP contribution in [0.4, 0.5) is 0 Å². The van der Waals surface area contributed by atoms with Crippen molar-refractivity contribution < 1.29 is 9.59 Å². The maximum atomic E-state index is 12.7. The van der Waals surface area contributed by atoms with Crippen molar-refractivity contribution in [2.75, 3.05) is 13.6 Å². The highest BCUT2D eigenvalue weighted by atomic mass is 16.2. The Morgan fingerprint density at radius 3 is 2.64 bits per heavy atom. The fourth-order valence-electron chi connectivity index (χ4n) is 3.50. The van der Waals surface area contributed by atoms with Gasteiger partial charge in [-0.25, -0.2) is 4.98 Å². The van der Waals surface area contributed by atoms with Crippen LogP contribution in [-0.4, -0.2) is 39.9 Å². The topological polar surface area (TPSA) is 67.2 Å². The van der Waals surface area contributed by atoms with Gasteiger partial charge in [-0.1, -0.05) is 26.0 Å². The van der Waals surface area contributed by atoms with E-state index in [4.69, 9.17) is 4.98 Å². The van der Waals surface area contributed by atoms with E-state index in [1.807, 2.05) is 31.3 Å². The molecule has 1 aliphatic heterocycles. The summed E-state index contributed by atoms with van der Waals surface area (Å²) in [7, 11) is 3.73. The molecule has 1 N–H and O–H groups in total. The summed E-state index contributed by atoms with van der Waals surface area (Å²) < 4.78 is 2.05. The first-order valence-electron chi connectivity index (χ1n) is 8.82. The van der Waals surface area contributed by atoms with Crippen molar-refractivity contribution in [3.63, 3.8) is 0 Å². The second kappa shape index (κ2) is 6.86. The molecule has 0 unspecified atom stereocenters. The third-order valence-corrected chi connectivity index (χ3v) is 4.87. The third kappa shape index (κ3) is 3.52. The normalized spacial score (nSPS) is 19.0. The van der Waals surface area contributed by atoms with Crippen molar-refractivity contribution in [3.05, 3.63) is 30.1 Å². The molecule has 1 aromatic carbocycles. The summed E-state index contributed by atoms with van der Waals surface area (Å²) >= 11 is 0. The maximum Gasteiger partial charge on any atom is 0.226 e. The molecule has 1 aromatic heterocycles. The molecule has 3 rings (SSSR count). The number of rotatable bonds is 5. The predicted molar refractivity (Wildman–Crippen MR) is 96.8 cm³/mol. The van der Waals surface area contributed by atoms with Crippen molar-refractivity contribution >= 4 is 22.8 Å². The smallest absolute Gasteiger partial charge is 0.226 e. The summed E-state index contributed by atoms with van der Waals surface area (Å²) in [5, 5.41) is 3.15. The predicted octanol–water partition coefficient (Wildman–Crippen LogP) is 2.25. The highest BCUT2D eigenvalue weighted by Gasteiger charge is 2.34. The van der Waals surface area contributed by atoms with E-state index in [2.05, 4.69) is 23.7 Å². The van der Waals surface area contributed by atoms with E-state index in [0.29, 0.717) is 18.9 Å². The molecule has 0 aliphatic carbocycles. The van der Waals surface area contributed by atoms with Gasteiger partial charge in [0.05, 0.1) is 23.0 Å². The highest BCUT2D eigenvalue weighted by molar-refractivity contribution is 5.89. The van der Waals surface area contributed by atoms with E-state index in [1.54, 1.807) is 11.9 Å². The van der Waals surface area contributed by atoms with Crippen molar-refractivity contribution in [1.29, 1.82) is 0 Å². The van der Waals surface area contributed by atoms with Gasteiger partial charge in [-0.05, 0) is 24.5 Å². The number of fused-ring (bicyclic) bond motifs is 1. The lowest BCUT2D eigenvalue weighted by atomic mass is 10.0. The summed E-state index contributed by atoms with van der Waals surface area (Å²) in [5.74, 6) is 0.972. The summed E-state index contributed by atoms with van der Waals surface area (Å²) in [6.45, 7) is 4.75. The minimum Gasteiger partial charge on any atom is -0.346 e. The number of nitrogens with zero attached hydrogens (tertiary/aromatic N) is 3. The Kier molecular flexibility index (Phi) is 4.79. The molecule has 6 nitrogen and oxygen atoms in total. The zero-order valence-corrected chi connectivity index (χ0v) is 15.3. The van der Waals surface area contributed by atoms with Crippen LogP contribution < -0.4 is 5.32 Å². The lowest BCUT2D eigenvalue weighted by Gasteiger charge is -2.22. The Balaban J connectivity index is 1.85. The Hall–Kier alpha value is -2.37. The Labute approximate surface area is 148 Å². The molecule has 2 heterocycles. The Morgan fingerprint density at radius 1 is 1.32 bits per heavy atom. The third-order valence-electron chi connectivity index (χ3n) is 4.87. The zero-order valence-electron chi connectivity index (χ0n) is 15.3. The zero-order chi connectivity index (χ0) is 18.1. The van der Waals surface area contributed by atoms with Crippen LogP contribution >= 0.6 is 0 Å². The number of carbonyl (C=O) groups is 2. The summed E-state index contributed by atoms with van der Waals surface area (Å²) in [6.07, 6.45) is 1.10. The quantitative estimate of drug-likeness (QED) is 0.906. The molecule has 2 atom stereocenters. The van der Waals surface area contributed by atoms with Crippen LogP contribution in [0.15, 0.2) is 24.3 Å². The van der Waals surface area contributed by atoms with E-state index in [9.17, 15) is 9.59 Å². The molecule has 1 aliphatic rings. The van der Waals surface area contributed by atoms with E-state index < -0.39 is 0 Å². The van der Waals surface area contributed by atoms with E-state index >= 15 is 0 Å². The number of para-hydroxylation sites is 2. The Morgan fingerprint density at radius 2 is 2.04 bits per heavy atom. The number of benzene rings is 1. The van der Waals surface area contributed by atoms with Crippen LogP contribution in [0.25, 0.3) is 11.0 Å². The molecule has 25 heavy (non-hydrogen) atoms. The average Bonchev–Trinajstić information content (AvgIpc) is 3.07. The number of carbonyl (C=O) groups excluding carboxylic acids is 2. The number of amides is 2. The summed E-state index contributed by atoms with van der Waals surface area (Å²) in [6, 6.07) is 7.81. The molecule has 0 spiro atoms. The van der Waals surface area contributed by atoms with Gasteiger partial charge in [0.25, 0.3) is 0 Å². The second-order valence-corrected chi connectivity index (χ2v) is 7.38. The number of aromatic nitrogens is 2. The van der Waals surface area contributed by atoms with Gasteiger partial charge in [-0.3, -0.25) is 9.59 Å². The molecule has 0 radical (unpaired) electrons. The summed E-state index contributed by atoms with van der Waals surface area (Å²) in [4.78, 5) is 30.8. The maximum absolute atomic E-state index is 12.7. The molecule has 0 bridgehead atoms. The van der Waals surface area contributed by atoms with Crippen molar-refractivity contribution in [2.24, 2.45) is 18.9 Å². The molecule has 2 aromatic rings. The number of aryl methyl sites for hydroxylation is 1. The number of imidazole rings is 1. The first kappa shape index (κ1) is 17.5. The molecular formula is C19H26N4O2. The number of likely N-dealkylation sites (tertiary alicyclic amines) is 1. The van der Waals surface area contributed by atoms with Crippen molar-refractivity contribution in [1.82, 2.24) is 19.8 Å². The molecule has 1 saturated heterocycles. The van der Waals surface area contributed by atoms with Gasteiger partial charge in [0.2, 0.25) is 11.8 Å². The van der Waals surface area contributed by atoms with Crippen LogP contribution in [0.3, 0.4) is 0 Å². The van der Waals surface area contributed by atoms with Gasteiger partial charge in [-0.15, -0.1) is 0 Å². The second-order valence-electron chi connectivity index (χ2n) is 7.38. The lowest BCUT2D eigenvalue weighted by molar-refractivity contribution is -0.128. The van der Waals surface area contributed by atoms with E-state index in [1.165, 1.54) is 0 Å². The SMILES string of the molecule is CC(C)C[C@@H](NC(=O)[C@H]1CC(=O)N(C)C1)c1nc2ccccc2n1C. The highest BCUT2D eigenvalue weighted by Crippen LogP contribution is 2.26. The van der Waals surface area contributed by atoms with Crippen LogP contribution in [0.1, 0.15) is 38.6 Å². The minimum absolute atomic E-state index is 0.0308. The first-order chi connectivity index (χ1) is 11.9. The molecule has 134 valence electrons. The summed E-state index contributed by atoms with van der Waals surface area (Å²) in [5.41, 5.74) is 1.98. The largest absolute Gasteiger partial charge is 0.346 e. The number of hydrogen-bond donors (Lipinski definition) is 1. The van der Waals surface area contributed by atoms with Crippen LogP contribution in [0, 0.1) is 11.8 Å². The van der Waals surface area contributed by atoms with Crippen molar-refractivity contribution in [3.8, 4) is 0 Å². The van der Waals surface area contributed by atoms with Crippen LogP contribution in [0.5, 0.6) is 0 Å². The van der Waals surface area contributed by atoms with Gasteiger partial charge in [0.15, 0.2) is 0 Å².